The average Bonchev–Trinajstić information content (AvgIpc) is 2.62. The molecule has 1 aliphatic heterocycles. The van der Waals surface area contributed by atoms with Crippen LogP contribution < -0.4 is 15.0 Å². The number of rotatable bonds is 4. The van der Waals surface area contributed by atoms with Crippen molar-refractivity contribution in [1.82, 2.24) is 10.3 Å². The van der Waals surface area contributed by atoms with Crippen molar-refractivity contribution >= 4 is 11.8 Å². The van der Waals surface area contributed by atoms with Gasteiger partial charge in [-0.1, -0.05) is 0 Å². The predicted molar refractivity (Wildman–Crippen MR) is 97.3 cm³/mol. The molecule has 2 atom stereocenters. The molecule has 1 amide bonds. The molecule has 1 saturated heterocycles. The number of carbonyl (C=O) groups is 1. The second-order valence-corrected chi connectivity index (χ2v) is 6.81. The highest BCUT2D eigenvalue weighted by atomic mass is 19.4. The molecule has 156 valence electrons. The second-order valence-electron chi connectivity index (χ2n) is 6.81. The van der Waals surface area contributed by atoms with Crippen LogP contribution in [0.5, 0.6) is 5.75 Å². The largest absolute Gasteiger partial charge is 0.573 e. The molecule has 2 heterocycles. The number of amides is 1. The molecular weight excluding hydrogens is 394 g/mol. The van der Waals surface area contributed by atoms with Gasteiger partial charge in [0.25, 0.3) is 0 Å². The summed E-state index contributed by atoms with van der Waals surface area (Å²) in [5, 5.41) is 11.4. The molecule has 6 nitrogen and oxygen atoms in total. The topological polar surface area (TPSA) is 74.7 Å². The quantitative estimate of drug-likeness (QED) is 0.727. The fourth-order valence-corrected chi connectivity index (χ4v) is 3.48. The maximum atomic E-state index is 14.0. The zero-order chi connectivity index (χ0) is 21.2. The van der Waals surface area contributed by atoms with Gasteiger partial charge in [0.05, 0.1) is 5.69 Å². The Morgan fingerprint density at radius 1 is 1.31 bits per heavy atom. The first-order chi connectivity index (χ1) is 13.6. The van der Waals surface area contributed by atoms with E-state index in [0.29, 0.717) is 30.6 Å². The molecule has 10 heteroatoms. The van der Waals surface area contributed by atoms with E-state index >= 15 is 0 Å². The summed E-state index contributed by atoms with van der Waals surface area (Å²) >= 11 is 0. The fourth-order valence-electron chi connectivity index (χ4n) is 3.48. The first-order valence-electron chi connectivity index (χ1n) is 8.90. The van der Waals surface area contributed by atoms with E-state index in [9.17, 15) is 22.4 Å². The number of piperidine rings is 1. The molecule has 0 saturated carbocycles. The lowest BCUT2D eigenvalue weighted by molar-refractivity contribution is -0.275. The van der Waals surface area contributed by atoms with Crippen LogP contribution in [0.2, 0.25) is 0 Å². The molecule has 2 aromatic rings. The molecule has 3 rings (SSSR count). The summed E-state index contributed by atoms with van der Waals surface area (Å²) in [5.74, 6) is -2.04. The maximum absolute atomic E-state index is 14.0. The van der Waals surface area contributed by atoms with Crippen LogP contribution in [0.3, 0.4) is 0 Å². The zero-order valence-corrected chi connectivity index (χ0v) is 15.4. The van der Waals surface area contributed by atoms with Gasteiger partial charge < -0.3 is 20.1 Å². The van der Waals surface area contributed by atoms with Crippen molar-refractivity contribution in [2.24, 2.45) is 0 Å². The number of ether oxygens (including phenoxy) is 1. The van der Waals surface area contributed by atoms with Crippen molar-refractivity contribution < 1.29 is 32.2 Å². The molecule has 0 aliphatic carbocycles. The highest BCUT2D eigenvalue weighted by molar-refractivity contribution is 5.66. The van der Waals surface area contributed by atoms with E-state index in [-0.39, 0.29) is 12.1 Å². The van der Waals surface area contributed by atoms with Gasteiger partial charge >= 0.3 is 12.5 Å². The van der Waals surface area contributed by atoms with Crippen LogP contribution in [0.15, 0.2) is 36.5 Å². The Morgan fingerprint density at radius 3 is 2.69 bits per heavy atom. The zero-order valence-electron chi connectivity index (χ0n) is 15.4. The van der Waals surface area contributed by atoms with Crippen molar-refractivity contribution in [3.05, 3.63) is 42.3 Å². The van der Waals surface area contributed by atoms with E-state index in [0.717, 1.165) is 17.8 Å². The summed E-state index contributed by atoms with van der Waals surface area (Å²) in [6, 6.07) is 6.59. The van der Waals surface area contributed by atoms with Crippen molar-refractivity contribution in [3.8, 4) is 17.0 Å². The molecule has 1 fully saturated rings. The van der Waals surface area contributed by atoms with Crippen LogP contribution in [0.1, 0.15) is 19.8 Å². The summed E-state index contributed by atoms with van der Waals surface area (Å²) in [7, 11) is 0. The molecule has 1 aliphatic rings. The lowest BCUT2D eigenvalue weighted by atomic mass is 9.97. The third kappa shape index (κ3) is 5.27. The van der Waals surface area contributed by atoms with Gasteiger partial charge in [0, 0.05) is 36.1 Å². The van der Waals surface area contributed by atoms with Gasteiger partial charge in [0.15, 0.2) is 11.6 Å². The Kier molecular flexibility index (Phi) is 5.81. The minimum atomic E-state index is -4.97. The van der Waals surface area contributed by atoms with Crippen molar-refractivity contribution in [1.29, 1.82) is 0 Å². The van der Waals surface area contributed by atoms with E-state index < -0.39 is 24.0 Å². The van der Waals surface area contributed by atoms with Crippen molar-refractivity contribution in [2.45, 2.75) is 38.2 Å². The number of halogens is 4. The third-order valence-electron chi connectivity index (χ3n) is 4.73. The van der Waals surface area contributed by atoms with Crippen LogP contribution in [-0.2, 0) is 0 Å². The number of hydrogen-bond donors (Lipinski definition) is 2. The number of aromatic nitrogens is 1. The van der Waals surface area contributed by atoms with Gasteiger partial charge in [0.2, 0.25) is 0 Å². The fraction of sp³-hybridized carbons (Fsp3) is 0.368. The molecule has 2 N–H and O–H groups in total. The van der Waals surface area contributed by atoms with Gasteiger partial charge in [0.1, 0.15) is 0 Å². The third-order valence-corrected chi connectivity index (χ3v) is 4.73. The minimum Gasteiger partial charge on any atom is -0.465 e. The molecule has 0 spiro atoms. The maximum Gasteiger partial charge on any atom is 0.573 e. The van der Waals surface area contributed by atoms with Gasteiger partial charge in [-0.3, -0.25) is 4.98 Å². The number of carboxylic acid groups (broad SMARTS) is 1. The summed E-state index contributed by atoms with van der Waals surface area (Å²) in [4.78, 5) is 17.1. The number of anilines is 1. The van der Waals surface area contributed by atoms with Crippen LogP contribution in [0.25, 0.3) is 11.3 Å². The van der Waals surface area contributed by atoms with Gasteiger partial charge in [-0.15, -0.1) is 13.2 Å². The van der Waals surface area contributed by atoms with Gasteiger partial charge in [-0.2, -0.15) is 0 Å². The van der Waals surface area contributed by atoms with Gasteiger partial charge in [-0.25, -0.2) is 9.18 Å². The average molecular weight is 413 g/mol. The monoisotopic (exact) mass is 413 g/mol. The Hall–Kier alpha value is -3.04. The van der Waals surface area contributed by atoms with E-state index in [1.807, 2.05) is 6.92 Å². The van der Waals surface area contributed by atoms with E-state index in [1.54, 1.807) is 12.1 Å². The molecule has 0 bridgehead atoms. The molecule has 0 radical (unpaired) electrons. The van der Waals surface area contributed by atoms with Crippen LogP contribution in [0, 0.1) is 5.82 Å². The molecule has 29 heavy (non-hydrogen) atoms. The summed E-state index contributed by atoms with van der Waals surface area (Å²) < 4.78 is 54.5. The first kappa shape index (κ1) is 20.7. The van der Waals surface area contributed by atoms with Crippen molar-refractivity contribution in [2.75, 3.05) is 11.4 Å². The van der Waals surface area contributed by atoms with Crippen LogP contribution >= 0.6 is 0 Å². The number of alkyl halides is 3. The molecule has 2 unspecified atom stereocenters. The Balaban J connectivity index is 1.78. The lowest BCUT2D eigenvalue weighted by Gasteiger charge is -2.39. The smallest absolute Gasteiger partial charge is 0.465 e. The van der Waals surface area contributed by atoms with Crippen LogP contribution in [-0.4, -0.2) is 41.2 Å². The standard InChI is InChI=1S/C19H19F4N3O3/c1-11-8-13(25-18(27)28)5-7-26(11)14-4-6-24-16(10-14)12-2-3-17(15(20)9-12)29-19(21,22)23/h2-4,6,9-11,13,25H,5,7-8H2,1H3,(H,27,28). The molecule has 1 aromatic heterocycles. The van der Waals surface area contributed by atoms with E-state index in [4.69, 9.17) is 5.11 Å². The number of hydrogen-bond acceptors (Lipinski definition) is 4. The van der Waals surface area contributed by atoms with Crippen LogP contribution in [0.4, 0.5) is 28.0 Å². The lowest BCUT2D eigenvalue weighted by Crippen LogP contribution is -2.48. The van der Waals surface area contributed by atoms with E-state index in [1.165, 1.54) is 12.3 Å². The summed E-state index contributed by atoms with van der Waals surface area (Å²) in [5.41, 5.74) is 1.53. The highest BCUT2D eigenvalue weighted by Gasteiger charge is 2.32. The highest BCUT2D eigenvalue weighted by Crippen LogP contribution is 2.31. The number of pyridine rings is 1. The summed E-state index contributed by atoms with van der Waals surface area (Å²) in [6.07, 6.45) is -3.23. The molecular formula is C19H19F4N3O3. The summed E-state index contributed by atoms with van der Waals surface area (Å²) in [6.45, 7) is 2.58. The number of nitrogens with zero attached hydrogens (tertiary/aromatic N) is 2. The molecule has 1 aromatic carbocycles. The SMILES string of the molecule is CC1CC(NC(=O)O)CCN1c1ccnc(-c2ccc(OC(F)(F)F)c(F)c2)c1. The normalized spacial score (nSPS) is 19.7. The number of nitrogens with one attached hydrogen (secondary N) is 1. The van der Waals surface area contributed by atoms with Crippen molar-refractivity contribution in [3.63, 3.8) is 0 Å². The Bertz CT molecular complexity index is 891. The Labute approximate surface area is 164 Å². The second kappa shape index (κ2) is 8.14. The number of benzene rings is 1. The minimum absolute atomic E-state index is 0.0511. The van der Waals surface area contributed by atoms with E-state index in [2.05, 4.69) is 19.9 Å². The predicted octanol–water partition coefficient (Wildman–Crippen LogP) is 4.41. The Morgan fingerprint density at radius 2 is 2.07 bits per heavy atom. The van der Waals surface area contributed by atoms with Gasteiger partial charge in [-0.05, 0) is 50.1 Å². The first-order valence-corrected chi connectivity index (χ1v) is 8.90.